The van der Waals surface area contributed by atoms with E-state index in [-0.39, 0.29) is 11.8 Å². The van der Waals surface area contributed by atoms with Crippen molar-refractivity contribution in [3.63, 3.8) is 0 Å². The lowest BCUT2D eigenvalue weighted by atomic mass is 9.73. The van der Waals surface area contributed by atoms with Crippen LogP contribution in [-0.4, -0.2) is 34.8 Å². The maximum absolute atomic E-state index is 12.9. The molecule has 5 nitrogen and oxygen atoms in total. The minimum atomic E-state index is -0.782. The second-order valence-corrected chi connectivity index (χ2v) is 8.45. The van der Waals surface area contributed by atoms with Gasteiger partial charge in [-0.05, 0) is 54.0 Å². The van der Waals surface area contributed by atoms with Crippen LogP contribution in [0.5, 0.6) is 0 Å². The molecule has 2 N–H and O–H groups in total. The number of piperidine rings is 1. The van der Waals surface area contributed by atoms with Gasteiger partial charge in [-0.15, -0.1) is 11.3 Å². The summed E-state index contributed by atoms with van der Waals surface area (Å²) in [5.74, 6) is -0.500. The van der Waals surface area contributed by atoms with Gasteiger partial charge in [-0.3, -0.25) is 14.6 Å². The number of nitrogens with zero attached hydrogens (tertiary/aromatic N) is 2. The quantitative estimate of drug-likeness (QED) is 0.702. The Kier molecular flexibility index (Phi) is 5.45. The number of thiophene rings is 1. The number of nitrogens with two attached hydrogens (primary N) is 1. The fraction of sp³-hybridized carbons (Fsp3) is 0.261. The van der Waals surface area contributed by atoms with Crippen molar-refractivity contribution in [2.75, 3.05) is 13.1 Å². The Morgan fingerprint density at radius 1 is 1.10 bits per heavy atom. The van der Waals surface area contributed by atoms with Crippen molar-refractivity contribution in [3.8, 4) is 10.4 Å². The summed E-state index contributed by atoms with van der Waals surface area (Å²) in [4.78, 5) is 32.6. The molecule has 1 saturated heterocycles. The average molecular weight is 406 g/mol. The van der Waals surface area contributed by atoms with Gasteiger partial charge in [-0.25, -0.2) is 0 Å². The van der Waals surface area contributed by atoms with E-state index >= 15 is 0 Å². The molecule has 0 spiro atoms. The van der Waals surface area contributed by atoms with Crippen LogP contribution in [0.4, 0.5) is 0 Å². The summed E-state index contributed by atoms with van der Waals surface area (Å²) in [5, 5.41) is 2.05. The molecule has 4 rings (SSSR count). The first-order valence-corrected chi connectivity index (χ1v) is 10.6. The Balaban J connectivity index is 1.64. The number of hydrogen-bond acceptors (Lipinski definition) is 4. The third kappa shape index (κ3) is 3.93. The average Bonchev–Trinajstić information content (AvgIpc) is 3.29. The standard InChI is InChI=1S/C23H23N3O2S/c24-22(28)23(15-17-7-1-2-8-18(17)20-10-5-14-29-20)11-6-13-26(16-23)21(27)19-9-3-4-12-25-19/h1-5,7-10,12,14H,6,11,13,15-16H2,(H2,24,28)/t23-/m0/s1. The normalized spacial score (nSPS) is 19.1. The van der Waals surface area contributed by atoms with Crippen molar-refractivity contribution in [2.45, 2.75) is 19.3 Å². The van der Waals surface area contributed by atoms with Gasteiger partial charge in [-0.2, -0.15) is 0 Å². The van der Waals surface area contributed by atoms with Gasteiger partial charge < -0.3 is 10.6 Å². The van der Waals surface area contributed by atoms with E-state index in [1.807, 2.05) is 23.6 Å². The summed E-state index contributed by atoms with van der Waals surface area (Å²) < 4.78 is 0. The zero-order valence-corrected chi connectivity index (χ0v) is 16.9. The van der Waals surface area contributed by atoms with Crippen LogP contribution < -0.4 is 5.73 Å². The topological polar surface area (TPSA) is 76.3 Å². The van der Waals surface area contributed by atoms with Gasteiger partial charge in [0.2, 0.25) is 5.91 Å². The lowest BCUT2D eigenvalue weighted by Crippen LogP contribution is -2.53. The Hall–Kier alpha value is -2.99. The number of rotatable bonds is 5. The van der Waals surface area contributed by atoms with Gasteiger partial charge in [0.1, 0.15) is 5.69 Å². The van der Waals surface area contributed by atoms with Crippen molar-refractivity contribution in [1.29, 1.82) is 0 Å². The molecule has 1 aliphatic heterocycles. The molecule has 1 fully saturated rings. The van der Waals surface area contributed by atoms with Crippen LogP contribution in [0, 0.1) is 5.41 Å². The molecule has 148 valence electrons. The van der Waals surface area contributed by atoms with Crippen molar-refractivity contribution in [1.82, 2.24) is 9.88 Å². The third-order valence-corrected chi connectivity index (χ3v) is 6.51. The highest BCUT2D eigenvalue weighted by molar-refractivity contribution is 7.13. The van der Waals surface area contributed by atoms with Crippen LogP contribution >= 0.6 is 11.3 Å². The molecule has 1 aliphatic rings. The molecule has 0 radical (unpaired) electrons. The third-order valence-electron chi connectivity index (χ3n) is 5.60. The minimum Gasteiger partial charge on any atom is -0.369 e. The van der Waals surface area contributed by atoms with E-state index in [1.54, 1.807) is 40.6 Å². The van der Waals surface area contributed by atoms with E-state index in [1.165, 1.54) is 0 Å². The van der Waals surface area contributed by atoms with Crippen LogP contribution in [0.3, 0.4) is 0 Å². The summed E-state index contributed by atoms with van der Waals surface area (Å²) in [7, 11) is 0. The molecular formula is C23H23N3O2S. The van der Waals surface area contributed by atoms with Crippen molar-refractivity contribution in [2.24, 2.45) is 11.1 Å². The van der Waals surface area contributed by atoms with Crippen LogP contribution in [0.25, 0.3) is 10.4 Å². The summed E-state index contributed by atoms with van der Waals surface area (Å²) in [6.45, 7) is 0.924. The molecule has 29 heavy (non-hydrogen) atoms. The van der Waals surface area contributed by atoms with Gasteiger partial charge in [-0.1, -0.05) is 36.4 Å². The Labute approximate surface area is 174 Å². The van der Waals surface area contributed by atoms with E-state index in [4.69, 9.17) is 5.73 Å². The van der Waals surface area contributed by atoms with Crippen LogP contribution in [0.2, 0.25) is 0 Å². The van der Waals surface area contributed by atoms with E-state index in [9.17, 15) is 9.59 Å². The minimum absolute atomic E-state index is 0.150. The molecule has 6 heteroatoms. The van der Waals surface area contributed by atoms with E-state index in [2.05, 4.69) is 23.2 Å². The molecule has 1 atom stereocenters. The fourth-order valence-electron chi connectivity index (χ4n) is 4.10. The monoisotopic (exact) mass is 405 g/mol. The molecule has 3 heterocycles. The van der Waals surface area contributed by atoms with E-state index in [0.29, 0.717) is 31.6 Å². The number of carbonyl (C=O) groups excluding carboxylic acids is 2. The highest BCUT2D eigenvalue weighted by Gasteiger charge is 2.43. The summed E-state index contributed by atoms with van der Waals surface area (Å²) >= 11 is 1.67. The Bertz CT molecular complexity index is 1000. The lowest BCUT2D eigenvalue weighted by molar-refractivity contribution is -0.130. The maximum Gasteiger partial charge on any atom is 0.272 e. The number of likely N-dealkylation sites (tertiary alicyclic amines) is 1. The molecule has 0 bridgehead atoms. The lowest BCUT2D eigenvalue weighted by Gasteiger charge is -2.41. The summed E-state index contributed by atoms with van der Waals surface area (Å²) in [6, 6.07) is 17.5. The number of aromatic nitrogens is 1. The smallest absolute Gasteiger partial charge is 0.272 e. The van der Waals surface area contributed by atoms with Crippen LogP contribution in [-0.2, 0) is 11.2 Å². The second-order valence-electron chi connectivity index (χ2n) is 7.50. The fourth-order valence-corrected chi connectivity index (χ4v) is 4.89. The SMILES string of the molecule is NC(=O)[C@]1(Cc2ccccc2-c2cccs2)CCCN(C(=O)c2ccccn2)C1. The highest BCUT2D eigenvalue weighted by atomic mass is 32.1. The Morgan fingerprint density at radius 2 is 1.93 bits per heavy atom. The predicted octanol–water partition coefficient (Wildman–Crippen LogP) is 3.76. The number of hydrogen-bond donors (Lipinski definition) is 1. The maximum atomic E-state index is 12.9. The van der Waals surface area contributed by atoms with Gasteiger partial charge in [0.15, 0.2) is 0 Å². The molecule has 3 aromatic rings. The largest absolute Gasteiger partial charge is 0.369 e. The van der Waals surface area contributed by atoms with Gasteiger partial charge in [0.25, 0.3) is 5.91 Å². The van der Waals surface area contributed by atoms with Gasteiger partial charge in [0, 0.05) is 24.2 Å². The first kappa shape index (κ1) is 19.3. The summed E-state index contributed by atoms with van der Waals surface area (Å²) in [5.41, 5.74) is 7.75. The molecule has 1 aromatic carbocycles. The first-order valence-electron chi connectivity index (χ1n) is 9.71. The molecule has 0 aliphatic carbocycles. The number of benzene rings is 1. The van der Waals surface area contributed by atoms with Gasteiger partial charge >= 0.3 is 0 Å². The molecule has 2 aromatic heterocycles. The molecule has 0 saturated carbocycles. The van der Waals surface area contributed by atoms with Gasteiger partial charge in [0.05, 0.1) is 5.41 Å². The van der Waals surface area contributed by atoms with Crippen molar-refractivity contribution >= 4 is 23.2 Å². The zero-order chi connectivity index (χ0) is 20.3. The van der Waals surface area contributed by atoms with Crippen molar-refractivity contribution in [3.05, 3.63) is 77.4 Å². The molecular weight excluding hydrogens is 382 g/mol. The summed E-state index contributed by atoms with van der Waals surface area (Å²) in [6.07, 6.45) is 3.54. The number of pyridine rings is 1. The predicted molar refractivity (Wildman–Crippen MR) is 114 cm³/mol. The van der Waals surface area contributed by atoms with E-state index in [0.717, 1.165) is 22.4 Å². The second kappa shape index (κ2) is 8.17. The Morgan fingerprint density at radius 3 is 2.66 bits per heavy atom. The first-order chi connectivity index (χ1) is 14.1. The highest BCUT2D eigenvalue weighted by Crippen LogP contribution is 2.38. The van der Waals surface area contributed by atoms with E-state index < -0.39 is 5.41 Å². The molecule has 2 amide bonds. The van der Waals surface area contributed by atoms with Crippen molar-refractivity contribution < 1.29 is 9.59 Å². The number of amides is 2. The van der Waals surface area contributed by atoms with Crippen LogP contribution in [0.1, 0.15) is 28.9 Å². The number of primary amides is 1. The van der Waals surface area contributed by atoms with Crippen LogP contribution in [0.15, 0.2) is 66.2 Å². The molecule has 0 unspecified atom stereocenters. The zero-order valence-electron chi connectivity index (χ0n) is 16.1. The number of carbonyl (C=O) groups is 2.